The summed E-state index contributed by atoms with van der Waals surface area (Å²) in [5.41, 5.74) is 0. The Kier molecular flexibility index (Phi) is 9.99. The first-order valence-corrected chi connectivity index (χ1v) is 10.6. The van der Waals surface area contributed by atoms with Crippen molar-refractivity contribution in [3.05, 3.63) is 0 Å². The molecule has 2 atom stereocenters. The highest BCUT2D eigenvalue weighted by Gasteiger charge is 2.43. The van der Waals surface area contributed by atoms with Crippen molar-refractivity contribution in [1.82, 2.24) is 15.5 Å². The number of methoxy groups -OCH3 is 1. The minimum absolute atomic E-state index is 0. The molecule has 26 heavy (non-hydrogen) atoms. The molecular formula is C20H39IN4O. The van der Waals surface area contributed by atoms with Crippen LogP contribution in [0.25, 0.3) is 0 Å². The van der Waals surface area contributed by atoms with Gasteiger partial charge in [-0.05, 0) is 38.0 Å². The minimum atomic E-state index is 0. The number of aliphatic imine (C=N–C) groups is 1. The van der Waals surface area contributed by atoms with E-state index in [0.29, 0.717) is 12.1 Å². The molecule has 0 aromatic carbocycles. The van der Waals surface area contributed by atoms with Crippen LogP contribution in [0.3, 0.4) is 0 Å². The van der Waals surface area contributed by atoms with Gasteiger partial charge in [0, 0.05) is 45.4 Å². The van der Waals surface area contributed by atoms with Crippen molar-refractivity contribution < 1.29 is 4.74 Å². The molecule has 1 aliphatic heterocycles. The molecule has 6 heteroatoms. The standard InChI is InChI=1S/C20H38N4O.HI/c1-3-21-20(22-17-9-11-24(12-10-17)13-14-25-2)23-19-15-18(19)16-7-5-4-6-8-16;/h16-19H,3-15H2,1-2H3,(H2,21,22,23);1H. The van der Waals surface area contributed by atoms with Crippen LogP contribution in [0.15, 0.2) is 4.99 Å². The predicted octanol–water partition coefficient (Wildman–Crippen LogP) is 3.24. The summed E-state index contributed by atoms with van der Waals surface area (Å²) < 4.78 is 5.19. The number of guanidine groups is 1. The topological polar surface area (TPSA) is 48.9 Å². The summed E-state index contributed by atoms with van der Waals surface area (Å²) in [5.74, 6) is 2.93. The quantitative estimate of drug-likeness (QED) is 0.335. The molecule has 2 N–H and O–H groups in total. The van der Waals surface area contributed by atoms with Gasteiger partial charge in [0.15, 0.2) is 5.96 Å². The molecule has 1 heterocycles. The summed E-state index contributed by atoms with van der Waals surface area (Å²) in [4.78, 5) is 7.21. The molecule has 2 aliphatic carbocycles. The largest absolute Gasteiger partial charge is 0.383 e. The molecule has 0 aromatic rings. The maximum absolute atomic E-state index is 5.19. The second-order valence-electron chi connectivity index (χ2n) is 8.12. The van der Waals surface area contributed by atoms with Crippen molar-refractivity contribution in [1.29, 1.82) is 0 Å². The molecule has 0 spiro atoms. The molecule has 3 rings (SSSR count). The molecule has 0 radical (unpaired) electrons. The SMILES string of the molecule is CCN=C(NC1CCN(CCOC)CC1)NC1CC1C1CCCCC1.I. The van der Waals surface area contributed by atoms with E-state index in [0.717, 1.165) is 50.6 Å². The van der Waals surface area contributed by atoms with E-state index in [-0.39, 0.29) is 24.0 Å². The zero-order valence-corrected chi connectivity index (χ0v) is 19.0. The second-order valence-corrected chi connectivity index (χ2v) is 8.12. The lowest BCUT2D eigenvalue weighted by Crippen LogP contribution is -2.49. The van der Waals surface area contributed by atoms with Gasteiger partial charge in [0.1, 0.15) is 0 Å². The van der Waals surface area contributed by atoms with Gasteiger partial charge in [-0.3, -0.25) is 4.99 Å². The van der Waals surface area contributed by atoms with Crippen LogP contribution in [-0.4, -0.2) is 62.8 Å². The van der Waals surface area contributed by atoms with Crippen LogP contribution in [0, 0.1) is 11.8 Å². The molecule has 0 amide bonds. The first kappa shape index (κ1) is 22.2. The average Bonchev–Trinajstić information content (AvgIpc) is 3.41. The van der Waals surface area contributed by atoms with Crippen molar-refractivity contribution >= 4 is 29.9 Å². The van der Waals surface area contributed by atoms with Crippen LogP contribution in [0.1, 0.15) is 58.3 Å². The van der Waals surface area contributed by atoms with E-state index >= 15 is 0 Å². The van der Waals surface area contributed by atoms with Crippen LogP contribution in [0.2, 0.25) is 0 Å². The monoisotopic (exact) mass is 478 g/mol. The number of rotatable bonds is 7. The number of piperidine rings is 1. The molecule has 3 aliphatic rings. The smallest absolute Gasteiger partial charge is 0.191 e. The van der Waals surface area contributed by atoms with Gasteiger partial charge in [-0.1, -0.05) is 32.1 Å². The molecular weight excluding hydrogens is 439 g/mol. The number of hydrogen-bond acceptors (Lipinski definition) is 3. The average molecular weight is 478 g/mol. The molecule has 2 unspecified atom stereocenters. The van der Waals surface area contributed by atoms with Gasteiger partial charge >= 0.3 is 0 Å². The Hall–Kier alpha value is -0.0800. The normalized spacial score (nSPS) is 28.5. The van der Waals surface area contributed by atoms with Crippen LogP contribution in [0.5, 0.6) is 0 Å². The zero-order valence-electron chi connectivity index (χ0n) is 16.7. The van der Waals surface area contributed by atoms with Gasteiger partial charge in [-0.15, -0.1) is 24.0 Å². The zero-order chi connectivity index (χ0) is 17.5. The third-order valence-corrected chi connectivity index (χ3v) is 6.27. The number of nitrogens with zero attached hydrogens (tertiary/aromatic N) is 2. The second kappa shape index (κ2) is 11.7. The highest BCUT2D eigenvalue weighted by atomic mass is 127. The van der Waals surface area contributed by atoms with Crippen molar-refractivity contribution in [3.63, 3.8) is 0 Å². The summed E-state index contributed by atoms with van der Waals surface area (Å²) in [5, 5.41) is 7.45. The molecule has 152 valence electrons. The van der Waals surface area contributed by atoms with E-state index < -0.39 is 0 Å². The van der Waals surface area contributed by atoms with Crippen molar-refractivity contribution in [2.24, 2.45) is 16.8 Å². The Bertz CT molecular complexity index is 420. The molecule has 2 saturated carbocycles. The summed E-state index contributed by atoms with van der Waals surface area (Å²) in [7, 11) is 1.78. The fourth-order valence-corrected chi connectivity index (χ4v) is 4.65. The highest BCUT2D eigenvalue weighted by molar-refractivity contribution is 14.0. The minimum Gasteiger partial charge on any atom is -0.383 e. The van der Waals surface area contributed by atoms with Crippen LogP contribution in [-0.2, 0) is 4.74 Å². The Morgan fingerprint density at radius 3 is 2.46 bits per heavy atom. The van der Waals surface area contributed by atoms with Gasteiger partial charge in [-0.25, -0.2) is 0 Å². The lowest BCUT2D eigenvalue weighted by Gasteiger charge is -2.33. The van der Waals surface area contributed by atoms with Crippen LogP contribution < -0.4 is 10.6 Å². The third kappa shape index (κ3) is 6.82. The Morgan fingerprint density at radius 2 is 1.81 bits per heavy atom. The highest BCUT2D eigenvalue weighted by Crippen LogP contribution is 2.44. The van der Waals surface area contributed by atoms with Gasteiger partial charge in [0.2, 0.25) is 0 Å². The first-order valence-electron chi connectivity index (χ1n) is 10.6. The van der Waals surface area contributed by atoms with Gasteiger partial charge < -0.3 is 20.3 Å². The predicted molar refractivity (Wildman–Crippen MR) is 119 cm³/mol. The molecule has 0 aromatic heterocycles. The van der Waals surface area contributed by atoms with E-state index in [1.807, 2.05) is 0 Å². The van der Waals surface area contributed by atoms with E-state index in [1.165, 1.54) is 51.4 Å². The fraction of sp³-hybridized carbons (Fsp3) is 0.950. The number of halogens is 1. The number of likely N-dealkylation sites (tertiary alicyclic amines) is 1. The molecule has 5 nitrogen and oxygen atoms in total. The lowest BCUT2D eigenvalue weighted by molar-refractivity contribution is 0.128. The van der Waals surface area contributed by atoms with Gasteiger partial charge in [-0.2, -0.15) is 0 Å². The number of nitrogens with one attached hydrogen (secondary N) is 2. The van der Waals surface area contributed by atoms with Crippen LogP contribution >= 0.6 is 24.0 Å². The Labute approximate surface area is 177 Å². The van der Waals surface area contributed by atoms with Gasteiger partial charge in [0.25, 0.3) is 0 Å². The molecule has 1 saturated heterocycles. The molecule has 3 fully saturated rings. The maximum Gasteiger partial charge on any atom is 0.191 e. The fourth-order valence-electron chi connectivity index (χ4n) is 4.65. The number of hydrogen-bond donors (Lipinski definition) is 2. The first-order chi connectivity index (χ1) is 12.3. The van der Waals surface area contributed by atoms with Crippen molar-refractivity contribution in [3.8, 4) is 0 Å². The summed E-state index contributed by atoms with van der Waals surface area (Å²) in [6.45, 7) is 7.20. The van der Waals surface area contributed by atoms with Crippen molar-refractivity contribution in [2.75, 3.05) is 39.9 Å². The Morgan fingerprint density at radius 1 is 1.08 bits per heavy atom. The lowest BCUT2D eigenvalue weighted by atomic mass is 9.85. The van der Waals surface area contributed by atoms with E-state index in [1.54, 1.807) is 7.11 Å². The summed E-state index contributed by atoms with van der Waals surface area (Å²) in [6.07, 6.45) is 11.0. The molecule has 0 bridgehead atoms. The third-order valence-electron chi connectivity index (χ3n) is 6.27. The maximum atomic E-state index is 5.19. The number of ether oxygens (including phenoxy) is 1. The Balaban J connectivity index is 0.00000243. The summed E-state index contributed by atoms with van der Waals surface area (Å²) >= 11 is 0. The summed E-state index contributed by atoms with van der Waals surface area (Å²) in [6, 6.07) is 1.23. The van der Waals surface area contributed by atoms with E-state index in [2.05, 4.69) is 22.5 Å². The van der Waals surface area contributed by atoms with E-state index in [4.69, 9.17) is 9.73 Å². The van der Waals surface area contributed by atoms with Gasteiger partial charge in [0.05, 0.1) is 6.61 Å². The van der Waals surface area contributed by atoms with Crippen molar-refractivity contribution in [2.45, 2.75) is 70.4 Å². The van der Waals surface area contributed by atoms with E-state index in [9.17, 15) is 0 Å². The van der Waals surface area contributed by atoms with Crippen LogP contribution in [0.4, 0.5) is 0 Å².